The van der Waals surface area contributed by atoms with Crippen LogP contribution >= 0.6 is 0 Å². The molecule has 0 spiro atoms. The molecule has 0 aromatic heterocycles. The third-order valence-electron chi connectivity index (χ3n) is 0.523. The summed E-state index contributed by atoms with van der Waals surface area (Å²) in [4.78, 5) is 19.7. The van der Waals surface area contributed by atoms with Crippen LogP contribution in [0.25, 0.3) is 0 Å². The molecule has 0 rings (SSSR count). The van der Waals surface area contributed by atoms with Gasteiger partial charge in [-0.1, -0.05) is 0 Å². The summed E-state index contributed by atoms with van der Waals surface area (Å²) < 4.78 is 4.04. The van der Waals surface area contributed by atoms with Gasteiger partial charge in [0.2, 0.25) is 0 Å². The predicted molar refractivity (Wildman–Crippen MR) is 24.3 cm³/mol. The van der Waals surface area contributed by atoms with Crippen LogP contribution in [0.2, 0.25) is 0 Å². The molecule has 0 bridgehead atoms. The van der Waals surface area contributed by atoms with Crippen LogP contribution in [-0.2, 0) is 31.1 Å². The number of ether oxygens (including phenoxy) is 1. The van der Waals surface area contributed by atoms with Gasteiger partial charge in [-0.05, 0) is 0 Å². The zero-order valence-corrected chi connectivity index (χ0v) is 5.75. The second kappa shape index (κ2) is 5.58. The summed E-state index contributed by atoms with van der Waals surface area (Å²) in [6.07, 6.45) is -0.559. The van der Waals surface area contributed by atoms with E-state index in [1.165, 1.54) is 0 Å². The van der Waals surface area contributed by atoms with E-state index in [4.69, 9.17) is 5.11 Å². The van der Waals surface area contributed by atoms with E-state index in [0.717, 1.165) is 7.11 Å². The van der Waals surface area contributed by atoms with E-state index in [9.17, 15) is 9.59 Å². The maximum atomic E-state index is 10.0. The first-order chi connectivity index (χ1) is 3.66. The fourth-order valence-corrected chi connectivity index (χ4v) is 0.196. The number of rotatable bonds is 2. The molecular weight excluding hydrogens is 171 g/mol. The number of esters is 1. The fourth-order valence-electron chi connectivity index (χ4n) is 0.196. The van der Waals surface area contributed by atoms with Gasteiger partial charge in [0.05, 0.1) is 7.11 Å². The molecule has 0 aliphatic rings. The molecule has 0 saturated heterocycles. The molecule has 5 heteroatoms. The average molecular weight is 177 g/mol. The standard InChI is InChI=1S/C4H6O4.Co/c1-8-4(7)2-3(5)6;/h2H2,1H3,(H,5,6);. The Morgan fingerprint density at radius 1 is 1.56 bits per heavy atom. The predicted octanol–water partition coefficient (Wildman–Crippen LogP) is -0.368. The Labute approximate surface area is 62.4 Å². The molecule has 0 fully saturated rings. The zero-order valence-electron chi connectivity index (χ0n) is 4.71. The van der Waals surface area contributed by atoms with Gasteiger partial charge < -0.3 is 9.84 Å². The van der Waals surface area contributed by atoms with Crippen molar-refractivity contribution in [2.24, 2.45) is 0 Å². The molecule has 1 radical (unpaired) electrons. The van der Waals surface area contributed by atoms with E-state index in [0.29, 0.717) is 0 Å². The van der Waals surface area contributed by atoms with Crippen LogP contribution in [0.5, 0.6) is 0 Å². The number of carbonyl (C=O) groups excluding carboxylic acids is 1. The first kappa shape index (κ1) is 11.3. The van der Waals surface area contributed by atoms with Gasteiger partial charge in [0.1, 0.15) is 6.42 Å². The molecule has 9 heavy (non-hydrogen) atoms. The number of aliphatic carboxylic acids is 1. The van der Waals surface area contributed by atoms with Crippen LogP contribution < -0.4 is 0 Å². The number of carboxylic acids is 1. The average Bonchev–Trinajstić information content (AvgIpc) is 1.65. The van der Waals surface area contributed by atoms with Crippen molar-refractivity contribution < 1.29 is 36.2 Å². The molecule has 0 aromatic rings. The van der Waals surface area contributed by atoms with Gasteiger partial charge in [-0.3, -0.25) is 9.59 Å². The van der Waals surface area contributed by atoms with Crippen molar-refractivity contribution in [3.05, 3.63) is 0 Å². The molecule has 0 amide bonds. The maximum absolute atomic E-state index is 10.0. The van der Waals surface area contributed by atoms with E-state index in [2.05, 4.69) is 4.74 Å². The first-order valence-corrected chi connectivity index (χ1v) is 1.95. The largest absolute Gasteiger partial charge is 0.481 e. The van der Waals surface area contributed by atoms with Gasteiger partial charge in [-0.15, -0.1) is 0 Å². The van der Waals surface area contributed by atoms with Crippen molar-refractivity contribution >= 4 is 11.9 Å². The molecule has 4 nitrogen and oxygen atoms in total. The van der Waals surface area contributed by atoms with Crippen LogP contribution in [0, 0.1) is 0 Å². The van der Waals surface area contributed by atoms with Gasteiger partial charge in [0.15, 0.2) is 0 Å². The maximum Gasteiger partial charge on any atom is 0.316 e. The van der Waals surface area contributed by atoms with Crippen LogP contribution in [0.1, 0.15) is 6.42 Å². The van der Waals surface area contributed by atoms with E-state index < -0.39 is 18.4 Å². The summed E-state index contributed by atoms with van der Waals surface area (Å²) >= 11 is 0. The van der Waals surface area contributed by atoms with Gasteiger partial charge >= 0.3 is 11.9 Å². The Balaban J connectivity index is 0. The van der Waals surface area contributed by atoms with Crippen molar-refractivity contribution in [2.75, 3.05) is 7.11 Å². The van der Waals surface area contributed by atoms with Crippen LogP contribution in [0.3, 0.4) is 0 Å². The van der Waals surface area contributed by atoms with Crippen molar-refractivity contribution in [1.82, 2.24) is 0 Å². The molecule has 0 saturated carbocycles. The van der Waals surface area contributed by atoms with E-state index >= 15 is 0 Å². The monoisotopic (exact) mass is 177 g/mol. The molecule has 1 N–H and O–H groups in total. The number of hydrogen-bond donors (Lipinski definition) is 1. The SMILES string of the molecule is COC(=O)CC(=O)O.[Co]. The smallest absolute Gasteiger partial charge is 0.316 e. The van der Waals surface area contributed by atoms with Gasteiger partial charge in [-0.25, -0.2) is 0 Å². The van der Waals surface area contributed by atoms with E-state index in [-0.39, 0.29) is 16.8 Å². The zero-order chi connectivity index (χ0) is 6.57. The number of methoxy groups -OCH3 is 1. The Hall–Kier alpha value is -0.554. The number of carboxylic acid groups (broad SMARTS) is 1. The molecule has 0 aliphatic heterocycles. The summed E-state index contributed by atoms with van der Waals surface area (Å²) in [6.45, 7) is 0. The van der Waals surface area contributed by atoms with E-state index in [1.54, 1.807) is 0 Å². The Morgan fingerprint density at radius 3 is 2.11 bits per heavy atom. The van der Waals surface area contributed by atoms with Crippen molar-refractivity contribution in [3.8, 4) is 0 Å². The van der Waals surface area contributed by atoms with Gasteiger partial charge in [0, 0.05) is 16.8 Å². The topological polar surface area (TPSA) is 63.6 Å². The van der Waals surface area contributed by atoms with Crippen molar-refractivity contribution in [2.45, 2.75) is 6.42 Å². The van der Waals surface area contributed by atoms with Crippen molar-refractivity contribution in [3.63, 3.8) is 0 Å². The van der Waals surface area contributed by atoms with Crippen molar-refractivity contribution in [1.29, 1.82) is 0 Å². The Morgan fingerprint density at radius 2 is 2.00 bits per heavy atom. The molecule has 0 atom stereocenters. The van der Waals surface area contributed by atoms with Crippen LogP contribution in [0.4, 0.5) is 0 Å². The third kappa shape index (κ3) is 7.45. The Bertz CT molecular complexity index is 111. The first-order valence-electron chi connectivity index (χ1n) is 1.95. The summed E-state index contributed by atoms with van der Waals surface area (Å²) in [5, 5.41) is 7.91. The molecule has 0 aromatic carbocycles. The van der Waals surface area contributed by atoms with Gasteiger partial charge in [-0.2, -0.15) is 0 Å². The second-order valence-electron chi connectivity index (χ2n) is 1.15. The summed E-state index contributed by atoms with van der Waals surface area (Å²) in [6, 6.07) is 0. The van der Waals surface area contributed by atoms with Crippen LogP contribution in [0.15, 0.2) is 0 Å². The second-order valence-corrected chi connectivity index (χ2v) is 1.15. The fraction of sp³-hybridized carbons (Fsp3) is 0.500. The summed E-state index contributed by atoms with van der Waals surface area (Å²) in [5.74, 6) is -1.89. The minimum absolute atomic E-state index is 0. The summed E-state index contributed by atoms with van der Waals surface area (Å²) in [7, 11) is 1.14. The third-order valence-corrected chi connectivity index (χ3v) is 0.523. The quantitative estimate of drug-likeness (QED) is 0.461. The normalized spacial score (nSPS) is 7.22. The number of hydrogen-bond acceptors (Lipinski definition) is 3. The van der Waals surface area contributed by atoms with Gasteiger partial charge in [0.25, 0.3) is 0 Å². The molecule has 0 heterocycles. The van der Waals surface area contributed by atoms with Crippen LogP contribution in [-0.4, -0.2) is 24.2 Å². The minimum atomic E-state index is -1.17. The molecular formula is C4H6CoO4. The minimum Gasteiger partial charge on any atom is -0.481 e. The molecule has 0 unspecified atom stereocenters. The molecule has 55 valence electrons. The number of carbonyl (C=O) groups is 2. The van der Waals surface area contributed by atoms with E-state index in [1.807, 2.05) is 0 Å². The Kier molecular flexibility index (Phi) is 6.99. The molecule has 0 aliphatic carbocycles. The summed E-state index contributed by atoms with van der Waals surface area (Å²) in [5.41, 5.74) is 0.